The van der Waals surface area contributed by atoms with Crippen LogP contribution in [0.25, 0.3) is 68.6 Å². The second-order valence-electron chi connectivity index (χ2n) is 13.4. The summed E-state index contributed by atoms with van der Waals surface area (Å²) in [5.41, 5.74) is 11.4. The molecule has 276 valence electrons. The first kappa shape index (κ1) is 38.4. The average molecular weight is 814 g/mol. The van der Waals surface area contributed by atoms with Gasteiger partial charge in [0.05, 0.1) is 34.2 Å². The number of hydrogen-bond donors (Lipinski definition) is 0. The molecule has 6 aromatic carbocycles. The first-order chi connectivity index (χ1) is 28.6. The number of rotatable bonds is 6. The Labute approximate surface area is 354 Å². The van der Waals surface area contributed by atoms with Gasteiger partial charge in [0.25, 0.3) is 0 Å². The summed E-state index contributed by atoms with van der Waals surface area (Å²) in [6, 6.07) is 58.8. The van der Waals surface area contributed by atoms with E-state index in [4.69, 9.17) is 19.9 Å². The summed E-state index contributed by atoms with van der Waals surface area (Å²) < 4.78 is 0. The van der Waals surface area contributed by atoms with Crippen LogP contribution < -0.4 is 10.2 Å². The fourth-order valence-electron chi connectivity index (χ4n) is 6.80. The first-order valence-electron chi connectivity index (χ1n) is 18.7. The third kappa shape index (κ3) is 8.47. The van der Waals surface area contributed by atoms with Gasteiger partial charge in [-0.1, -0.05) is 170 Å². The molecule has 0 amide bonds. The second-order valence-corrected chi connectivity index (χ2v) is 13.4. The Bertz CT molecular complexity index is 2580. The zero-order chi connectivity index (χ0) is 39.3. The molecule has 0 fully saturated rings. The molecule has 0 aliphatic carbocycles. The van der Waals surface area contributed by atoms with Crippen molar-refractivity contribution in [3.8, 4) is 45.0 Å². The molecule has 8 aromatic rings. The summed E-state index contributed by atoms with van der Waals surface area (Å²) in [7, 11) is 0. The van der Waals surface area contributed by atoms with Gasteiger partial charge in [-0.2, -0.15) is 0 Å². The van der Waals surface area contributed by atoms with E-state index >= 15 is 0 Å². The van der Waals surface area contributed by atoms with E-state index in [1.54, 1.807) is 24.3 Å². The quantitative estimate of drug-likeness (QED) is 0.155. The van der Waals surface area contributed by atoms with Crippen molar-refractivity contribution in [2.24, 2.45) is 9.98 Å². The van der Waals surface area contributed by atoms with E-state index in [1.807, 2.05) is 170 Å². The largest absolute Gasteiger partial charge is 2.00 e. The van der Waals surface area contributed by atoms with Crippen molar-refractivity contribution in [1.82, 2.24) is 19.9 Å². The average Bonchev–Trinajstić information content (AvgIpc) is 3.78. The number of hydrogen-bond acceptors (Lipinski definition) is 8. The standard InChI is InChI=1S/2C25H17N3O.Zn/c2*29-25-20-14-8-7-13-19(20)23(28-25)16-24-26-21(17-9-3-1-4-10-17)15-22(27-24)18-11-5-2-6-12-18;/h2*1-16H,(H,28,29);/q;;+2/p-2/b2*23-16-;. The van der Waals surface area contributed by atoms with Crippen molar-refractivity contribution >= 4 is 35.3 Å². The molecule has 4 heterocycles. The molecule has 10 rings (SSSR count). The molecule has 9 heteroatoms. The van der Waals surface area contributed by atoms with Crippen LogP contribution in [0.2, 0.25) is 0 Å². The van der Waals surface area contributed by atoms with Gasteiger partial charge >= 0.3 is 19.5 Å². The maximum absolute atomic E-state index is 12.2. The first-order valence-corrected chi connectivity index (χ1v) is 18.7. The molecule has 59 heavy (non-hydrogen) atoms. The van der Waals surface area contributed by atoms with E-state index in [1.165, 1.54) is 0 Å². The molecule has 0 unspecified atom stereocenters. The third-order valence-electron chi connectivity index (χ3n) is 9.61. The van der Waals surface area contributed by atoms with Crippen LogP contribution in [0.3, 0.4) is 0 Å². The maximum Gasteiger partial charge on any atom is 2.00 e. The normalized spacial score (nSPS) is 13.7. The molecule has 2 aromatic heterocycles. The van der Waals surface area contributed by atoms with Crippen molar-refractivity contribution in [3.63, 3.8) is 0 Å². The van der Waals surface area contributed by atoms with Crippen LogP contribution in [0, 0.1) is 0 Å². The van der Waals surface area contributed by atoms with Crippen molar-refractivity contribution < 1.29 is 29.7 Å². The molecule has 2 aliphatic heterocycles. The Balaban J connectivity index is 0.000000161. The second kappa shape index (κ2) is 17.3. The summed E-state index contributed by atoms with van der Waals surface area (Å²) in [5.74, 6) is 0.589. The Morgan fingerprint density at radius 3 is 0.864 bits per heavy atom. The van der Waals surface area contributed by atoms with Crippen LogP contribution in [0.1, 0.15) is 33.9 Å². The van der Waals surface area contributed by atoms with Crippen LogP contribution in [0.5, 0.6) is 0 Å². The van der Waals surface area contributed by atoms with Crippen LogP contribution in [-0.4, -0.2) is 31.7 Å². The summed E-state index contributed by atoms with van der Waals surface area (Å²) in [4.78, 5) is 27.3. The molecule has 0 bridgehead atoms. The summed E-state index contributed by atoms with van der Waals surface area (Å²) in [6.45, 7) is 0. The minimum Gasteiger partial charge on any atom is -0.858 e. The fourth-order valence-corrected chi connectivity index (χ4v) is 6.80. The molecule has 0 atom stereocenters. The molecule has 0 N–H and O–H groups in total. The van der Waals surface area contributed by atoms with Gasteiger partial charge in [0.2, 0.25) is 0 Å². The monoisotopic (exact) mass is 812 g/mol. The zero-order valence-corrected chi connectivity index (χ0v) is 34.6. The maximum atomic E-state index is 12.2. The smallest absolute Gasteiger partial charge is 0.858 e. The fraction of sp³-hybridized carbons (Fsp3) is 0. The van der Waals surface area contributed by atoms with Gasteiger partial charge < -0.3 is 10.2 Å². The molecular formula is C50H32N6O2Zn. The van der Waals surface area contributed by atoms with E-state index in [9.17, 15) is 10.2 Å². The summed E-state index contributed by atoms with van der Waals surface area (Å²) in [6.07, 6.45) is 3.56. The number of aromatic nitrogens is 4. The Kier molecular flexibility index (Phi) is 11.3. The number of fused-ring (bicyclic) bond motifs is 2. The molecule has 8 nitrogen and oxygen atoms in total. The zero-order valence-electron chi connectivity index (χ0n) is 31.7. The minimum atomic E-state index is -0.227. The van der Waals surface area contributed by atoms with Crippen molar-refractivity contribution in [1.29, 1.82) is 0 Å². The number of aliphatic imine (C=N–C) groups is 2. The van der Waals surface area contributed by atoms with Crippen LogP contribution >= 0.6 is 0 Å². The molecule has 0 radical (unpaired) electrons. The van der Waals surface area contributed by atoms with Crippen molar-refractivity contribution in [2.75, 3.05) is 0 Å². The van der Waals surface area contributed by atoms with Crippen LogP contribution in [-0.2, 0) is 19.5 Å². The van der Waals surface area contributed by atoms with E-state index in [0.717, 1.165) is 56.2 Å². The van der Waals surface area contributed by atoms with E-state index < -0.39 is 0 Å². The van der Waals surface area contributed by atoms with Crippen molar-refractivity contribution in [2.45, 2.75) is 0 Å². The van der Waals surface area contributed by atoms with Gasteiger partial charge in [-0.15, -0.1) is 0 Å². The Morgan fingerprint density at radius 1 is 0.322 bits per heavy atom. The molecular weight excluding hydrogens is 782 g/mol. The minimum absolute atomic E-state index is 0. The van der Waals surface area contributed by atoms with Gasteiger partial charge in [0, 0.05) is 45.5 Å². The predicted molar refractivity (Wildman–Crippen MR) is 228 cm³/mol. The third-order valence-corrected chi connectivity index (χ3v) is 9.61. The summed E-state index contributed by atoms with van der Waals surface area (Å²) in [5, 5.41) is 24.4. The van der Waals surface area contributed by atoms with Crippen LogP contribution in [0.15, 0.2) is 192 Å². The SMILES string of the molecule is [O-]C1=N/C(=C\c2nc(-c3ccccc3)cc(-c3ccccc3)n2)c2ccccc21.[O-]C1=N/C(=C\c2nc(-c3ccccc3)cc(-c3ccccc3)n2)c2ccccc21.[Zn+2]. The molecule has 2 aliphatic rings. The van der Waals surface area contributed by atoms with Gasteiger partial charge in [-0.3, -0.25) is 9.98 Å². The topological polar surface area (TPSA) is 122 Å². The van der Waals surface area contributed by atoms with E-state index in [0.29, 0.717) is 34.2 Å². The van der Waals surface area contributed by atoms with Crippen LogP contribution in [0.4, 0.5) is 0 Å². The molecule has 0 spiro atoms. The van der Waals surface area contributed by atoms with E-state index in [2.05, 4.69) is 9.98 Å². The molecule has 0 saturated carbocycles. The van der Waals surface area contributed by atoms with Gasteiger partial charge in [-0.25, -0.2) is 19.9 Å². The molecule has 0 saturated heterocycles. The Hall–Kier alpha value is -7.48. The van der Waals surface area contributed by atoms with Gasteiger partial charge in [-0.05, 0) is 35.1 Å². The summed E-state index contributed by atoms with van der Waals surface area (Å²) >= 11 is 0. The Morgan fingerprint density at radius 2 is 0.576 bits per heavy atom. The van der Waals surface area contributed by atoms with Gasteiger partial charge in [0.15, 0.2) is 11.6 Å². The number of nitrogens with zero attached hydrogens (tertiary/aromatic N) is 6. The number of benzene rings is 6. The van der Waals surface area contributed by atoms with Gasteiger partial charge in [0.1, 0.15) is 0 Å². The van der Waals surface area contributed by atoms with E-state index in [-0.39, 0.29) is 31.3 Å². The van der Waals surface area contributed by atoms with Crippen molar-refractivity contribution in [3.05, 3.63) is 216 Å². The predicted octanol–water partition coefficient (Wildman–Crippen LogP) is 8.86.